The number of carbonyl (C=O) groups is 1. The van der Waals surface area contributed by atoms with E-state index in [9.17, 15) is 14.9 Å². The Morgan fingerprint density at radius 3 is 2.79 bits per heavy atom. The summed E-state index contributed by atoms with van der Waals surface area (Å²) in [4.78, 5) is 20.6. The van der Waals surface area contributed by atoms with E-state index in [1.807, 2.05) is 0 Å². The molecule has 0 fully saturated rings. The van der Waals surface area contributed by atoms with Crippen molar-refractivity contribution in [1.29, 1.82) is 0 Å². The summed E-state index contributed by atoms with van der Waals surface area (Å²) in [7, 11) is 0. The van der Waals surface area contributed by atoms with Gasteiger partial charge in [-0.2, -0.15) is 0 Å². The van der Waals surface area contributed by atoms with Gasteiger partial charge in [-0.15, -0.1) is 0 Å². The number of hydrogen-bond donors (Lipinski definition) is 0. The molecule has 5 nitrogen and oxygen atoms in total. The average Bonchev–Trinajstić information content (AvgIpc) is 2.16. The molecule has 6 heteroatoms. The second kappa shape index (κ2) is 4.23. The SMILES string of the molecule is O=C(Cl)OCC1([N+](=O)[O-])C=CC=CC1. The monoisotopic (exact) mass is 217 g/mol. The predicted molar refractivity (Wildman–Crippen MR) is 49.8 cm³/mol. The van der Waals surface area contributed by atoms with Crippen LogP contribution in [0.15, 0.2) is 24.3 Å². The van der Waals surface area contributed by atoms with E-state index in [2.05, 4.69) is 4.74 Å². The number of carbonyl (C=O) groups excluding carboxylic acids is 1. The Kier molecular flexibility index (Phi) is 3.24. The maximum atomic E-state index is 10.8. The largest absolute Gasteiger partial charge is 0.446 e. The van der Waals surface area contributed by atoms with E-state index in [0.29, 0.717) is 0 Å². The zero-order valence-corrected chi connectivity index (χ0v) is 7.94. The van der Waals surface area contributed by atoms with Crippen molar-refractivity contribution in [2.75, 3.05) is 6.61 Å². The number of rotatable bonds is 3. The summed E-state index contributed by atoms with van der Waals surface area (Å²) < 4.78 is 4.45. The lowest BCUT2D eigenvalue weighted by Gasteiger charge is -2.21. The Bertz CT molecular complexity index is 312. The molecule has 1 aliphatic carbocycles. The minimum Gasteiger partial charge on any atom is -0.446 e. The van der Waals surface area contributed by atoms with Crippen LogP contribution < -0.4 is 0 Å². The highest BCUT2D eigenvalue weighted by Crippen LogP contribution is 2.22. The third-order valence-corrected chi connectivity index (χ3v) is 2.03. The van der Waals surface area contributed by atoms with Gasteiger partial charge in [0.2, 0.25) is 0 Å². The molecule has 0 amide bonds. The van der Waals surface area contributed by atoms with Crippen molar-refractivity contribution in [3.8, 4) is 0 Å². The van der Waals surface area contributed by atoms with Crippen LogP contribution in [0.25, 0.3) is 0 Å². The first kappa shape index (κ1) is 10.7. The normalized spacial score (nSPS) is 24.6. The maximum Gasteiger partial charge on any atom is 0.404 e. The second-order valence-corrected chi connectivity index (χ2v) is 3.19. The Hall–Kier alpha value is -1.36. The number of halogens is 1. The molecule has 0 saturated carbocycles. The van der Waals surface area contributed by atoms with Crippen LogP contribution in [0.3, 0.4) is 0 Å². The van der Waals surface area contributed by atoms with Gasteiger partial charge in [-0.25, -0.2) is 4.79 Å². The Morgan fingerprint density at radius 2 is 2.36 bits per heavy atom. The molecular formula is C8H8ClNO4. The topological polar surface area (TPSA) is 69.4 Å². The third-order valence-electron chi connectivity index (χ3n) is 1.92. The molecule has 1 aliphatic rings. The third kappa shape index (κ3) is 2.32. The Labute approximate surface area is 85.1 Å². The highest BCUT2D eigenvalue weighted by molar-refractivity contribution is 6.61. The van der Waals surface area contributed by atoms with E-state index in [1.54, 1.807) is 18.2 Å². The van der Waals surface area contributed by atoms with Gasteiger partial charge in [0.25, 0.3) is 5.54 Å². The number of hydrogen-bond acceptors (Lipinski definition) is 4. The molecule has 0 aromatic carbocycles. The molecule has 0 aliphatic heterocycles. The molecular weight excluding hydrogens is 210 g/mol. The van der Waals surface area contributed by atoms with Gasteiger partial charge in [-0.05, 0) is 6.08 Å². The molecule has 0 saturated heterocycles. The lowest BCUT2D eigenvalue weighted by Crippen LogP contribution is -2.41. The fourth-order valence-corrected chi connectivity index (χ4v) is 1.18. The van der Waals surface area contributed by atoms with Gasteiger partial charge in [-0.3, -0.25) is 10.1 Å². The molecule has 0 aromatic rings. The van der Waals surface area contributed by atoms with E-state index in [1.165, 1.54) is 6.08 Å². The fraction of sp³-hybridized carbons (Fsp3) is 0.375. The molecule has 0 aromatic heterocycles. The predicted octanol–water partition coefficient (Wildman–Crippen LogP) is 1.89. The Morgan fingerprint density at radius 1 is 1.64 bits per heavy atom. The van der Waals surface area contributed by atoms with Crippen molar-refractivity contribution in [3.63, 3.8) is 0 Å². The van der Waals surface area contributed by atoms with E-state index < -0.39 is 15.9 Å². The minimum absolute atomic E-state index is 0.195. The lowest BCUT2D eigenvalue weighted by molar-refractivity contribution is -0.557. The number of allylic oxidation sites excluding steroid dienone is 2. The molecule has 0 heterocycles. The van der Waals surface area contributed by atoms with Crippen LogP contribution in [-0.2, 0) is 4.74 Å². The number of nitrogens with zero attached hydrogens (tertiary/aromatic N) is 1. The molecule has 0 N–H and O–H groups in total. The highest BCUT2D eigenvalue weighted by atomic mass is 35.5. The molecule has 1 atom stereocenters. The number of ether oxygens (including phenoxy) is 1. The summed E-state index contributed by atoms with van der Waals surface area (Å²) in [6.45, 7) is -0.344. The fourth-order valence-electron chi connectivity index (χ4n) is 1.13. The van der Waals surface area contributed by atoms with Crippen molar-refractivity contribution in [2.45, 2.75) is 12.0 Å². The van der Waals surface area contributed by atoms with Crippen LogP contribution in [0.1, 0.15) is 6.42 Å². The van der Waals surface area contributed by atoms with Crippen LogP contribution in [0.4, 0.5) is 4.79 Å². The molecule has 0 spiro atoms. The summed E-state index contributed by atoms with van der Waals surface area (Å²) in [5.41, 5.74) is -2.39. The van der Waals surface area contributed by atoms with Crippen LogP contribution in [-0.4, -0.2) is 22.5 Å². The van der Waals surface area contributed by atoms with Crippen molar-refractivity contribution in [3.05, 3.63) is 34.4 Å². The van der Waals surface area contributed by atoms with Gasteiger partial charge in [0.1, 0.15) is 0 Å². The molecule has 1 rings (SSSR count). The zero-order chi connectivity index (χ0) is 10.6. The summed E-state index contributed by atoms with van der Waals surface area (Å²) in [5.74, 6) is 0. The molecule has 76 valence electrons. The van der Waals surface area contributed by atoms with Crippen LogP contribution in [0, 0.1) is 10.1 Å². The van der Waals surface area contributed by atoms with E-state index in [0.717, 1.165) is 0 Å². The first-order valence-corrected chi connectivity index (χ1v) is 4.26. The van der Waals surface area contributed by atoms with Gasteiger partial charge in [0.15, 0.2) is 6.61 Å². The van der Waals surface area contributed by atoms with Crippen molar-refractivity contribution in [2.24, 2.45) is 0 Å². The molecule has 0 radical (unpaired) electrons. The zero-order valence-electron chi connectivity index (χ0n) is 7.18. The first-order valence-electron chi connectivity index (χ1n) is 3.88. The van der Waals surface area contributed by atoms with Gasteiger partial charge in [0, 0.05) is 22.9 Å². The second-order valence-electron chi connectivity index (χ2n) is 2.88. The van der Waals surface area contributed by atoms with Crippen molar-refractivity contribution in [1.82, 2.24) is 0 Å². The van der Waals surface area contributed by atoms with Gasteiger partial charge in [0.05, 0.1) is 0 Å². The van der Waals surface area contributed by atoms with E-state index >= 15 is 0 Å². The summed E-state index contributed by atoms with van der Waals surface area (Å²) in [6, 6.07) is 0. The van der Waals surface area contributed by atoms with Crippen LogP contribution in [0.2, 0.25) is 0 Å². The highest BCUT2D eigenvalue weighted by Gasteiger charge is 2.41. The maximum absolute atomic E-state index is 10.8. The summed E-state index contributed by atoms with van der Waals surface area (Å²) >= 11 is 4.94. The van der Waals surface area contributed by atoms with Gasteiger partial charge in [-0.1, -0.05) is 18.2 Å². The smallest absolute Gasteiger partial charge is 0.404 e. The van der Waals surface area contributed by atoms with Crippen LogP contribution >= 0.6 is 11.6 Å². The molecule has 14 heavy (non-hydrogen) atoms. The summed E-state index contributed by atoms with van der Waals surface area (Å²) in [5, 5.41) is 10.8. The van der Waals surface area contributed by atoms with Gasteiger partial charge >= 0.3 is 5.43 Å². The number of nitro groups is 1. The first-order chi connectivity index (χ1) is 6.57. The standard InChI is InChI=1S/C8H8ClNO4/c9-7(11)14-6-8(10(12)13)4-2-1-3-5-8/h1-4H,5-6H2. The summed E-state index contributed by atoms with van der Waals surface area (Å²) in [6.07, 6.45) is 6.48. The van der Waals surface area contributed by atoms with E-state index in [-0.39, 0.29) is 13.0 Å². The van der Waals surface area contributed by atoms with Crippen LogP contribution in [0.5, 0.6) is 0 Å². The van der Waals surface area contributed by atoms with E-state index in [4.69, 9.17) is 11.6 Å². The molecule has 0 bridgehead atoms. The lowest BCUT2D eigenvalue weighted by atomic mass is 9.93. The van der Waals surface area contributed by atoms with Crippen molar-refractivity contribution < 1.29 is 14.5 Å². The van der Waals surface area contributed by atoms with Gasteiger partial charge < -0.3 is 4.74 Å². The molecule has 1 unspecified atom stereocenters. The quantitative estimate of drug-likeness (QED) is 0.411. The average molecular weight is 218 g/mol. The van der Waals surface area contributed by atoms with Crippen molar-refractivity contribution >= 4 is 17.0 Å². The Balaban J connectivity index is 2.73. The minimum atomic E-state index is -1.36.